The summed E-state index contributed by atoms with van der Waals surface area (Å²) in [7, 11) is 3.46. The summed E-state index contributed by atoms with van der Waals surface area (Å²) in [5, 5.41) is 11.7. The molecule has 140 valence electrons. The summed E-state index contributed by atoms with van der Waals surface area (Å²) in [6.45, 7) is 3.80. The van der Waals surface area contributed by atoms with Crippen molar-refractivity contribution in [2.45, 2.75) is 24.3 Å². The number of ether oxygens (including phenoxy) is 1. The molecular weight excluding hydrogens is 362 g/mol. The van der Waals surface area contributed by atoms with E-state index >= 15 is 0 Å². The van der Waals surface area contributed by atoms with Gasteiger partial charge in [-0.3, -0.25) is 9.78 Å². The van der Waals surface area contributed by atoms with Crippen molar-refractivity contribution in [3.8, 4) is 17.1 Å². The van der Waals surface area contributed by atoms with Crippen molar-refractivity contribution < 1.29 is 9.53 Å². The summed E-state index contributed by atoms with van der Waals surface area (Å²) in [6, 6.07) is 9.43. The molecule has 0 saturated carbocycles. The third-order valence-corrected chi connectivity index (χ3v) is 5.15. The number of hydrogen-bond donors (Lipinski definition) is 1. The third-order valence-electron chi connectivity index (χ3n) is 4.02. The molecule has 0 aliphatic rings. The number of anilines is 1. The summed E-state index contributed by atoms with van der Waals surface area (Å²) in [5.74, 6) is 1.21. The fourth-order valence-corrected chi connectivity index (χ4v) is 3.34. The number of amides is 1. The SMILES string of the molecule is COc1ccc(C)cc1NC(=O)C(C)Sc1nnc(-c2cccnc2)n1C. The largest absolute Gasteiger partial charge is 0.495 e. The van der Waals surface area contributed by atoms with Crippen molar-refractivity contribution in [3.05, 3.63) is 48.3 Å². The van der Waals surface area contributed by atoms with Crippen molar-refractivity contribution >= 4 is 23.4 Å². The predicted octanol–water partition coefficient (Wildman–Crippen LogP) is 3.31. The quantitative estimate of drug-likeness (QED) is 0.658. The van der Waals surface area contributed by atoms with Crippen LogP contribution in [0.3, 0.4) is 0 Å². The Morgan fingerprint density at radius 1 is 1.30 bits per heavy atom. The van der Waals surface area contributed by atoms with E-state index in [1.807, 2.05) is 55.8 Å². The highest BCUT2D eigenvalue weighted by Gasteiger charge is 2.20. The van der Waals surface area contributed by atoms with Crippen LogP contribution in [0.4, 0.5) is 5.69 Å². The number of aromatic nitrogens is 4. The molecule has 2 aromatic heterocycles. The van der Waals surface area contributed by atoms with Gasteiger partial charge in [-0.15, -0.1) is 10.2 Å². The smallest absolute Gasteiger partial charge is 0.237 e. The molecule has 3 aromatic rings. The minimum absolute atomic E-state index is 0.130. The summed E-state index contributed by atoms with van der Waals surface area (Å²) in [6.07, 6.45) is 3.44. The van der Waals surface area contributed by atoms with Gasteiger partial charge in [-0.1, -0.05) is 17.8 Å². The van der Waals surface area contributed by atoms with Crippen LogP contribution in [0.15, 0.2) is 47.9 Å². The molecule has 1 unspecified atom stereocenters. The molecule has 0 aliphatic carbocycles. The van der Waals surface area contributed by atoms with Gasteiger partial charge in [-0.2, -0.15) is 0 Å². The highest BCUT2D eigenvalue weighted by molar-refractivity contribution is 8.00. The first-order valence-electron chi connectivity index (χ1n) is 8.41. The van der Waals surface area contributed by atoms with Gasteiger partial charge in [0.1, 0.15) is 5.75 Å². The standard InChI is InChI=1S/C19H21N5O2S/c1-12-7-8-16(26-4)15(10-12)21-18(25)13(2)27-19-23-22-17(24(19)3)14-6-5-9-20-11-14/h5-11,13H,1-4H3,(H,21,25). The van der Waals surface area contributed by atoms with Crippen molar-refractivity contribution in [2.24, 2.45) is 7.05 Å². The van der Waals surface area contributed by atoms with Crippen molar-refractivity contribution in [1.29, 1.82) is 0 Å². The van der Waals surface area contributed by atoms with Crippen LogP contribution < -0.4 is 10.1 Å². The molecule has 0 bridgehead atoms. The third kappa shape index (κ3) is 4.28. The summed E-state index contributed by atoms with van der Waals surface area (Å²) in [5.41, 5.74) is 2.57. The topological polar surface area (TPSA) is 81.9 Å². The monoisotopic (exact) mass is 383 g/mol. The van der Waals surface area contributed by atoms with E-state index < -0.39 is 0 Å². The summed E-state index contributed by atoms with van der Waals surface area (Å²) >= 11 is 1.35. The summed E-state index contributed by atoms with van der Waals surface area (Å²) in [4.78, 5) is 16.7. The Morgan fingerprint density at radius 3 is 2.81 bits per heavy atom. The number of thioether (sulfide) groups is 1. The van der Waals surface area contributed by atoms with Crippen molar-refractivity contribution in [2.75, 3.05) is 12.4 Å². The number of benzene rings is 1. The van der Waals surface area contributed by atoms with E-state index in [2.05, 4.69) is 20.5 Å². The molecule has 2 heterocycles. The number of nitrogens with zero attached hydrogens (tertiary/aromatic N) is 4. The molecule has 8 heteroatoms. The number of pyridine rings is 1. The first-order chi connectivity index (χ1) is 13.0. The van der Waals surface area contributed by atoms with Crippen LogP contribution in [-0.4, -0.2) is 38.0 Å². The van der Waals surface area contributed by atoms with Crippen molar-refractivity contribution in [3.63, 3.8) is 0 Å². The van der Waals surface area contributed by atoms with E-state index in [4.69, 9.17) is 4.74 Å². The van der Waals surface area contributed by atoms with Gasteiger partial charge < -0.3 is 14.6 Å². The first-order valence-corrected chi connectivity index (χ1v) is 9.29. The van der Waals surface area contributed by atoms with E-state index in [1.54, 1.807) is 19.5 Å². The van der Waals surface area contributed by atoms with Gasteiger partial charge in [0, 0.05) is 25.0 Å². The minimum Gasteiger partial charge on any atom is -0.495 e. The van der Waals surface area contributed by atoms with Crippen LogP contribution >= 0.6 is 11.8 Å². The molecule has 0 aliphatic heterocycles. The van der Waals surface area contributed by atoms with E-state index in [-0.39, 0.29) is 11.2 Å². The second kappa shape index (κ2) is 8.22. The van der Waals surface area contributed by atoms with Crippen LogP contribution in [0.5, 0.6) is 5.75 Å². The molecular formula is C19H21N5O2S. The van der Waals surface area contributed by atoms with E-state index in [0.717, 1.165) is 11.1 Å². The Bertz CT molecular complexity index is 943. The number of methoxy groups -OCH3 is 1. The lowest BCUT2D eigenvalue weighted by molar-refractivity contribution is -0.115. The Morgan fingerprint density at radius 2 is 2.11 bits per heavy atom. The molecule has 1 amide bonds. The lowest BCUT2D eigenvalue weighted by Crippen LogP contribution is -2.23. The van der Waals surface area contributed by atoms with Gasteiger partial charge in [-0.25, -0.2) is 0 Å². The van der Waals surface area contributed by atoms with Gasteiger partial charge >= 0.3 is 0 Å². The average Bonchev–Trinajstić information content (AvgIpc) is 3.03. The predicted molar refractivity (Wildman–Crippen MR) is 106 cm³/mol. The molecule has 1 aromatic carbocycles. The molecule has 0 radical (unpaired) electrons. The van der Waals surface area contributed by atoms with E-state index in [9.17, 15) is 4.79 Å². The average molecular weight is 383 g/mol. The Kier molecular flexibility index (Phi) is 5.75. The maximum Gasteiger partial charge on any atom is 0.237 e. The second-order valence-corrected chi connectivity index (χ2v) is 7.37. The van der Waals surface area contributed by atoms with Gasteiger partial charge in [0.2, 0.25) is 5.91 Å². The number of carbonyl (C=O) groups is 1. The normalized spacial score (nSPS) is 11.9. The highest BCUT2D eigenvalue weighted by atomic mass is 32.2. The maximum absolute atomic E-state index is 12.6. The second-order valence-electron chi connectivity index (χ2n) is 6.06. The van der Waals surface area contributed by atoms with E-state index in [0.29, 0.717) is 22.4 Å². The highest BCUT2D eigenvalue weighted by Crippen LogP contribution is 2.28. The molecule has 0 spiro atoms. The van der Waals surface area contributed by atoms with Crippen LogP contribution in [0.25, 0.3) is 11.4 Å². The minimum atomic E-state index is -0.361. The van der Waals surface area contributed by atoms with Crippen LogP contribution in [0.2, 0.25) is 0 Å². The van der Waals surface area contributed by atoms with E-state index in [1.165, 1.54) is 11.8 Å². The lowest BCUT2D eigenvalue weighted by atomic mass is 10.2. The Labute approximate surface area is 162 Å². The number of carbonyl (C=O) groups excluding carboxylic acids is 1. The Balaban J connectivity index is 1.72. The first kappa shape index (κ1) is 18.9. The number of aryl methyl sites for hydroxylation is 1. The molecule has 0 saturated heterocycles. The zero-order valence-electron chi connectivity index (χ0n) is 15.6. The fourth-order valence-electron chi connectivity index (χ4n) is 2.53. The fraction of sp³-hybridized carbons (Fsp3) is 0.263. The molecule has 3 rings (SSSR count). The lowest BCUT2D eigenvalue weighted by Gasteiger charge is -2.14. The molecule has 1 N–H and O–H groups in total. The number of nitrogens with one attached hydrogen (secondary N) is 1. The molecule has 1 atom stereocenters. The number of hydrogen-bond acceptors (Lipinski definition) is 6. The summed E-state index contributed by atoms with van der Waals surface area (Å²) < 4.78 is 7.18. The Hall–Kier alpha value is -2.87. The van der Waals surface area contributed by atoms with Gasteiger partial charge in [0.15, 0.2) is 11.0 Å². The number of rotatable bonds is 6. The molecule has 0 fully saturated rings. The molecule has 7 nitrogen and oxygen atoms in total. The van der Waals surface area contributed by atoms with Gasteiger partial charge in [-0.05, 0) is 43.7 Å². The molecule has 27 heavy (non-hydrogen) atoms. The zero-order chi connectivity index (χ0) is 19.4. The van der Waals surface area contributed by atoms with Crippen LogP contribution in [0, 0.1) is 6.92 Å². The maximum atomic E-state index is 12.6. The van der Waals surface area contributed by atoms with Crippen LogP contribution in [-0.2, 0) is 11.8 Å². The van der Waals surface area contributed by atoms with Gasteiger partial charge in [0.05, 0.1) is 18.0 Å². The van der Waals surface area contributed by atoms with Crippen molar-refractivity contribution in [1.82, 2.24) is 19.7 Å². The van der Waals surface area contributed by atoms with Gasteiger partial charge in [0.25, 0.3) is 0 Å². The van der Waals surface area contributed by atoms with Crippen LogP contribution in [0.1, 0.15) is 12.5 Å². The zero-order valence-corrected chi connectivity index (χ0v) is 16.4.